The van der Waals surface area contributed by atoms with E-state index < -0.39 is 11.9 Å². The number of nitrogens with zero attached hydrogens (tertiary/aromatic N) is 1. The topological polar surface area (TPSA) is 56.0 Å². The number of aliphatic hydroxyl groups is 1. The third-order valence-electron chi connectivity index (χ3n) is 3.14. The molecule has 0 fully saturated rings. The van der Waals surface area contributed by atoms with Crippen molar-refractivity contribution in [1.82, 2.24) is 0 Å². The molecule has 0 aliphatic carbocycles. The second kappa shape index (κ2) is 6.18. The molecule has 2 aromatic rings. The van der Waals surface area contributed by atoms with Crippen molar-refractivity contribution in [3.8, 4) is 6.07 Å². The zero-order valence-electron chi connectivity index (χ0n) is 11.1. The average molecular weight is 270 g/mol. The highest BCUT2D eigenvalue weighted by atomic mass is 19.1. The van der Waals surface area contributed by atoms with Crippen LogP contribution in [0.5, 0.6) is 0 Å². The zero-order valence-corrected chi connectivity index (χ0v) is 11.1. The smallest absolute Gasteiger partial charge is 0.124 e. The van der Waals surface area contributed by atoms with Crippen molar-refractivity contribution in [2.75, 3.05) is 11.9 Å². The van der Waals surface area contributed by atoms with Gasteiger partial charge in [0.1, 0.15) is 11.9 Å². The predicted molar refractivity (Wildman–Crippen MR) is 75.7 cm³/mol. The summed E-state index contributed by atoms with van der Waals surface area (Å²) in [6, 6.07) is 13.4. The number of benzene rings is 2. The third kappa shape index (κ3) is 3.14. The van der Waals surface area contributed by atoms with Crippen molar-refractivity contribution in [1.29, 1.82) is 5.26 Å². The van der Waals surface area contributed by atoms with Gasteiger partial charge in [0.2, 0.25) is 0 Å². The van der Waals surface area contributed by atoms with Gasteiger partial charge in [-0.1, -0.05) is 24.3 Å². The molecule has 1 atom stereocenters. The maximum atomic E-state index is 13.0. The van der Waals surface area contributed by atoms with Gasteiger partial charge < -0.3 is 10.4 Å². The van der Waals surface area contributed by atoms with Crippen molar-refractivity contribution in [2.45, 2.75) is 13.0 Å². The maximum Gasteiger partial charge on any atom is 0.124 e. The van der Waals surface area contributed by atoms with Crippen LogP contribution in [-0.4, -0.2) is 11.7 Å². The fourth-order valence-corrected chi connectivity index (χ4v) is 2.04. The van der Waals surface area contributed by atoms with Crippen LogP contribution >= 0.6 is 0 Å². The second-order valence-corrected chi connectivity index (χ2v) is 4.55. The number of aryl methyl sites for hydroxylation is 1. The highest BCUT2D eigenvalue weighted by Gasteiger charge is 2.11. The molecule has 0 bridgehead atoms. The lowest BCUT2D eigenvalue weighted by atomic mass is 10.0. The number of nitrogens with one attached hydrogen (secondary N) is 1. The lowest BCUT2D eigenvalue weighted by Gasteiger charge is -2.16. The van der Waals surface area contributed by atoms with E-state index >= 15 is 0 Å². The number of hydrogen-bond acceptors (Lipinski definition) is 3. The summed E-state index contributed by atoms with van der Waals surface area (Å²) in [5, 5.41) is 22.1. The van der Waals surface area contributed by atoms with Crippen LogP contribution in [-0.2, 0) is 0 Å². The van der Waals surface area contributed by atoms with Gasteiger partial charge in [0.05, 0.1) is 17.4 Å². The number of hydrogen-bond donors (Lipinski definition) is 2. The minimum Gasteiger partial charge on any atom is -0.387 e. The molecule has 2 rings (SSSR count). The lowest BCUT2D eigenvalue weighted by Crippen LogP contribution is -2.13. The minimum atomic E-state index is -0.687. The van der Waals surface area contributed by atoms with E-state index in [9.17, 15) is 9.50 Å². The van der Waals surface area contributed by atoms with Crippen molar-refractivity contribution in [3.63, 3.8) is 0 Å². The molecule has 3 nitrogen and oxygen atoms in total. The summed E-state index contributed by atoms with van der Waals surface area (Å²) < 4.78 is 13.0. The lowest BCUT2D eigenvalue weighted by molar-refractivity contribution is 0.191. The molecule has 1 unspecified atom stereocenters. The van der Waals surface area contributed by atoms with Crippen LogP contribution in [0.25, 0.3) is 0 Å². The molecular formula is C16H15FN2O. The maximum absolute atomic E-state index is 13.0. The normalized spacial score (nSPS) is 11.7. The molecule has 0 aromatic heterocycles. The Morgan fingerprint density at radius 1 is 1.30 bits per heavy atom. The largest absolute Gasteiger partial charge is 0.387 e. The van der Waals surface area contributed by atoms with E-state index in [1.165, 1.54) is 18.2 Å². The Labute approximate surface area is 117 Å². The van der Waals surface area contributed by atoms with E-state index in [4.69, 9.17) is 5.26 Å². The van der Waals surface area contributed by atoms with Crippen molar-refractivity contribution < 1.29 is 9.50 Å². The number of anilines is 1. The SMILES string of the molecule is Cc1ccccc1C(O)CNc1ccc(F)cc1C#N. The summed E-state index contributed by atoms with van der Waals surface area (Å²) >= 11 is 0. The zero-order chi connectivity index (χ0) is 14.5. The van der Waals surface area contributed by atoms with E-state index in [-0.39, 0.29) is 12.1 Å². The van der Waals surface area contributed by atoms with E-state index in [1.54, 1.807) is 0 Å². The summed E-state index contributed by atoms with van der Waals surface area (Å²) in [6.07, 6.45) is -0.687. The third-order valence-corrected chi connectivity index (χ3v) is 3.14. The Kier molecular flexibility index (Phi) is 4.34. The average Bonchev–Trinajstić information content (AvgIpc) is 2.46. The highest BCUT2D eigenvalue weighted by molar-refractivity contribution is 5.57. The fraction of sp³-hybridized carbons (Fsp3) is 0.188. The second-order valence-electron chi connectivity index (χ2n) is 4.55. The number of aliphatic hydroxyl groups excluding tert-OH is 1. The molecule has 0 spiro atoms. The van der Waals surface area contributed by atoms with Crippen LogP contribution in [0.3, 0.4) is 0 Å². The standard InChI is InChI=1S/C16H15FN2O/c1-11-4-2-3-5-14(11)16(20)10-19-15-7-6-13(17)8-12(15)9-18/h2-8,16,19-20H,10H2,1H3. The molecule has 2 N–H and O–H groups in total. The van der Waals surface area contributed by atoms with Gasteiger partial charge in [0.15, 0.2) is 0 Å². The molecule has 0 saturated carbocycles. The molecule has 102 valence electrons. The first-order valence-electron chi connectivity index (χ1n) is 6.29. The van der Waals surface area contributed by atoms with Gasteiger partial charge in [-0.3, -0.25) is 0 Å². The van der Waals surface area contributed by atoms with Crippen molar-refractivity contribution in [3.05, 3.63) is 65.0 Å². The van der Waals surface area contributed by atoms with E-state index in [0.29, 0.717) is 5.69 Å². The molecule has 0 aliphatic rings. The molecule has 4 heteroatoms. The van der Waals surface area contributed by atoms with Crippen LogP contribution in [0.2, 0.25) is 0 Å². The predicted octanol–water partition coefficient (Wildman–Crippen LogP) is 3.15. The summed E-state index contributed by atoms with van der Waals surface area (Å²) in [5.41, 5.74) is 2.57. The molecular weight excluding hydrogens is 255 g/mol. The molecule has 0 aliphatic heterocycles. The van der Waals surface area contributed by atoms with Gasteiger partial charge in [-0.25, -0.2) is 4.39 Å². The van der Waals surface area contributed by atoms with Gasteiger partial charge in [-0.05, 0) is 36.2 Å². The quantitative estimate of drug-likeness (QED) is 0.897. The highest BCUT2D eigenvalue weighted by Crippen LogP contribution is 2.20. The van der Waals surface area contributed by atoms with Crippen LogP contribution < -0.4 is 5.32 Å². The summed E-state index contributed by atoms with van der Waals surface area (Å²) in [5.74, 6) is -0.452. The van der Waals surface area contributed by atoms with Gasteiger partial charge in [-0.15, -0.1) is 0 Å². The number of halogens is 1. The summed E-state index contributed by atoms with van der Waals surface area (Å²) in [7, 11) is 0. The molecule has 0 radical (unpaired) electrons. The Hall–Kier alpha value is -2.38. The van der Waals surface area contributed by atoms with E-state index in [1.807, 2.05) is 37.3 Å². The molecule has 0 heterocycles. The van der Waals surface area contributed by atoms with Crippen molar-refractivity contribution in [2.24, 2.45) is 0 Å². The number of nitriles is 1. The van der Waals surface area contributed by atoms with E-state index in [2.05, 4.69) is 5.32 Å². The molecule has 20 heavy (non-hydrogen) atoms. The first kappa shape index (κ1) is 14.0. The molecule has 0 amide bonds. The monoisotopic (exact) mass is 270 g/mol. The first-order chi connectivity index (χ1) is 9.61. The Balaban J connectivity index is 2.10. The molecule has 2 aromatic carbocycles. The minimum absolute atomic E-state index is 0.224. The molecule has 0 saturated heterocycles. The van der Waals surface area contributed by atoms with Gasteiger partial charge in [-0.2, -0.15) is 5.26 Å². The van der Waals surface area contributed by atoms with Crippen molar-refractivity contribution >= 4 is 5.69 Å². The van der Waals surface area contributed by atoms with Crippen LogP contribution in [0.1, 0.15) is 22.8 Å². The van der Waals surface area contributed by atoms with Gasteiger partial charge in [0.25, 0.3) is 0 Å². The summed E-state index contributed by atoms with van der Waals surface area (Å²) in [4.78, 5) is 0. The Morgan fingerprint density at radius 3 is 2.75 bits per heavy atom. The van der Waals surface area contributed by atoms with Crippen LogP contribution in [0.4, 0.5) is 10.1 Å². The number of rotatable bonds is 4. The van der Waals surface area contributed by atoms with Crippen LogP contribution in [0.15, 0.2) is 42.5 Å². The van der Waals surface area contributed by atoms with Gasteiger partial charge >= 0.3 is 0 Å². The van der Waals surface area contributed by atoms with Crippen LogP contribution in [0, 0.1) is 24.1 Å². The first-order valence-corrected chi connectivity index (χ1v) is 6.29. The Bertz CT molecular complexity index is 649. The fourth-order valence-electron chi connectivity index (χ4n) is 2.04. The van der Waals surface area contributed by atoms with E-state index in [0.717, 1.165) is 11.1 Å². The van der Waals surface area contributed by atoms with Gasteiger partial charge in [0, 0.05) is 6.54 Å². The Morgan fingerprint density at radius 2 is 2.05 bits per heavy atom. The summed E-state index contributed by atoms with van der Waals surface area (Å²) in [6.45, 7) is 2.18.